The predicted octanol–water partition coefficient (Wildman–Crippen LogP) is 2.68. The van der Waals surface area contributed by atoms with Crippen molar-refractivity contribution in [1.82, 2.24) is 4.90 Å². The molecule has 0 spiro atoms. The monoisotopic (exact) mass is 289 g/mol. The minimum absolute atomic E-state index is 0.247. The van der Waals surface area contributed by atoms with E-state index in [2.05, 4.69) is 0 Å². The maximum Gasteiger partial charge on any atom is 0.290 e. The fourth-order valence-electron chi connectivity index (χ4n) is 2.76. The van der Waals surface area contributed by atoms with Crippen LogP contribution in [-0.2, 0) is 0 Å². The average molecular weight is 289 g/mol. The van der Waals surface area contributed by atoms with E-state index in [0.717, 1.165) is 11.1 Å². The summed E-state index contributed by atoms with van der Waals surface area (Å²) in [5.41, 5.74) is 1.57. The topological polar surface area (TPSA) is 53.7 Å². The first-order chi connectivity index (χ1) is 10.1. The van der Waals surface area contributed by atoms with E-state index in [1.165, 1.54) is 18.4 Å². The molecule has 0 saturated carbocycles. The van der Waals surface area contributed by atoms with Crippen LogP contribution in [0.15, 0.2) is 41.0 Å². The van der Waals surface area contributed by atoms with E-state index in [4.69, 9.17) is 4.42 Å². The number of amides is 1. The highest BCUT2D eigenvalue weighted by Crippen LogP contribution is 2.34. The van der Waals surface area contributed by atoms with Crippen LogP contribution in [0, 0.1) is 12.7 Å². The number of carbonyl (C=O) groups is 1. The van der Waals surface area contributed by atoms with Crippen molar-refractivity contribution < 1.29 is 18.7 Å². The number of rotatable bonds is 2. The summed E-state index contributed by atoms with van der Waals surface area (Å²) in [5, 5.41) is 9.90. The van der Waals surface area contributed by atoms with Crippen molar-refractivity contribution >= 4 is 5.91 Å². The van der Waals surface area contributed by atoms with Gasteiger partial charge in [-0.2, -0.15) is 0 Å². The van der Waals surface area contributed by atoms with Crippen molar-refractivity contribution in [2.24, 2.45) is 0 Å². The second kappa shape index (κ2) is 5.33. The molecule has 1 amide bonds. The number of aliphatic hydroxyl groups is 1. The molecule has 0 bridgehead atoms. The summed E-state index contributed by atoms with van der Waals surface area (Å²) in [6.45, 7) is 2.05. The maximum atomic E-state index is 13.0. The Balaban J connectivity index is 1.91. The van der Waals surface area contributed by atoms with Crippen LogP contribution < -0.4 is 0 Å². The van der Waals surface area contributed by atoms with E-state index >= 15 is 0 Å². The number of β-amino-alcohol motifs (C(OH)–C–C–N with tert-alkyl or cyclic N) is 1. The molecule has 0 radical (unpaired) electrons. The van der Waals surface area contributed by atoms with Gasteiger partial charge in [0.05, 0.1) is 18.4 Å². The summed E-state index contributed by atoms with van der Waals surface area (Å²) in [6, 6.07) is 7.48. The third kappa shape index (κ3) is 2.56. The summed E-state index contributed by atoms with van der Waals surface area (Å²) in [4.78, 5) is 14.2. The van der Waals surface area contributed by atoms with Crippen LogP contribution in [0.3, 0.4) is 0 Å². The second-order valence-corrected chi connectivity index (χ2v) is 5.35. The van der Waals surface area contributed by atoms with Crippen molar-refractivity contribution in [3.8, 4) is 0 Å². The van der Waals surface area contributed by atoms with E-state index in [-0.39, 0.29) is 30.1 Å². The molecule has 1 fully saturated rings. The minimum atomic E-state index is -0.584. The number of hydrogen-bond donors (Lipinski definition) is 1. The fraction of sp³-hybridized carbons (Fsp3) is 0.312. The number of hydrogen-bond acceptors (Lipinski definition) is 3. The molecule has 5 heteroatoms. The summed E-state index contributed by atoms with van der Waals surface area (Å²) >= 11 is 0. The highest BCUT2D eigenvalue weighted by Gasteiger charge is 2.37. The summed E-state index contributed by atoms with van der Waals surface area (Å²) < 4.78 is 18.3. The van der Waals surface area contributed by atoms with Gasteiger partial charge in [-0.1, -0.05) is 12.1 Å². The Morgan fingerprint density at radius 1 is 1.33 bits per heavy atom. The minimum Gasteiger partial charge on any atom is -0.459 e. The van der Waals surface area contributed by atoms with E-state index in [1.54, 1.807) is 30.0 Å². The number of nitrogens with zero attached hydrogens (tertiary/aromatic N) is 1. The molecule has 1 N–H and O–H groups in total. The molecule has 21 heavy (non-hydrogen) atoms. The molecule has 1 aliphatic rings. The van der Waals surface area contributed by atoms with E-state index in [0.29, 0.717) is 6.42 Å². The molecule has 2 heterocycles. The van der Waals surface area contributed by atoms with Crippen molar-refractivity contribution in [2.45, 2.75) is 25.5 Å². The molecule has 2 atom stereocenters. The highest BCUT2D eigenvalue weighted by molar-refractivity contribution is 5.93. The number of likely N-dealkylation sites (tertiary alicyclic amines) is 1. The van der Waals surface area contributed by atoms with Crippen molar-refractivity contribution in [2.75, 3.05) is 6.54 Å². The summed E-state index contributed by atoms with van der Waals surface area (Å²) in [5.74, 6) is -0.281. The van der Waals surface area contributed by atoms with E-state index < -0.39 is 6.10 Å². The molecule has 2 aromatic rings. The molecule has 4 nitrogen and oxygen atoms in total. The van der Waals surface area contributed by atoms with Crippen LogP contribution in [0.1, 0.15) is 34.1 Å². The number of benzene rings is 1. The predicted molar refractivity (Wildman–Crippen MR) is 74.2 cm³/mol. The van der Waals surface area contributed by atoms with Gasteiger partial charge in [0.2, 0.25) is 0 Å². The highest BCUT2D eigenvalue weighted by atomic mass is 19.1. The molecule has 3 rings (SSSR count). The van der Waals surface area contributed by atoms with Gasteiger partial charge in [-0.3, -0.25) is 4.79 Å². The van der Waals surface area contributed by atoms with Gasteiger partial charge in [0, 0.05) is 12.1 Å². The lowest BCUT2D eigenvalue weighted by Crippen LogP contribution is -2.31. The molecule has 1 aliphatic heterocycles. The number of aliphatic hydroxyl groups excluding tert-OH is 1. The van der Waals surface area contributed by atoms with Crippen LogP contribution in [-0.4, -0.2) is 28.6 Å². The Kier molecular flexibility index (Phi) is 3.51. The van der Waals surface area contributed by atoms with Gasteiger partial charge in [-0.15, -0.1) is 0 Å². The summed E-state index contributed by atoms with van der Waals surface area (Å²) in [6.07, 6.45) is 1.33. The van der Waals surface area contributed by atoms with Crippen molar-refractivity contribution in [1.29, 1.82) is 0 Å². The van der Waals surface area contributed by atoms with Crippen molar-refractivity contribution in [3.63, 3.8) is 0 Å². The van der Waals surface area contributed by atoms with Crippen LogP contribution >= 0.6 is 0 Å². The zero-order valence-electron chi connectivity index (χ0n) is 11.6. The SMILES string of the molecule is Cc1ccoc1C(=O)N1C[C@@H](O)C[C@H]1c1ccc(F)cc1. The Labute approximate surface area is 121 Å². The normalized spacial score (nSPS) is 21.8. The Morgan fingerprint density at radius 2 is 2.05 bits per heavy atom. The Bertz CT molecular complexity index is 650. The standard InChI is InChI=1S/C16H16FNO3/c1-10-6-7-21-15(10)16(20)18-9-13(19)8-14(18)11-2-4-12(17)5-3-11/h2-7,13-14,19H,8-9H2,1H3/t13-,14-/m0/s1. The third-order valence-corrected chi connectivity index (χ3v) is 3.85. The van der Waals surface area contributed by atoms with Gasteiger partial charge in [0.1, 0.15) is 5.82 Å². The lowest BCUT2D eigenvalue weighted by Gasteiger charge is -2.24. The van der Waals surface area contributed by atoms with E-state index in [9.17, 15) is 14.3 Å². The smallest absolute Gasteiger partial charge is 0.290 e. The molecule has 1 aromatic heterocycles. The van der Waals surface area contributed by atoms with Crippen molar-refractivity contribution in [3.05, 3.63) is 59.3 Å². The fourth-order valence-corrected chi connectivity index (χ4v) is 2.76. The van der Waals surface area contributed by atoms with Gasteiger partial charge in [0.15, 0.2) is 5.76 Å². The lowest BCUT2D eigenvalue weighted by atomic mass is 10.0. The quantitative estimate of drug-likeness (QED) is 0.924. The second-order valence-electron chi connectivity index (χ2n) is 5.35. The van der Waals surface area contributed by atoms with Gasteiger partial charge in [-0.05, 0) is 37.1 Å². The van der Waals surface area contributed by atoms with Gasteiger partial charge in [0.25, 0.3) is 5.91 Å². The largest absolute Gasteiger partial charge is 0.459 e. The number of halogens is 1. The van der Waals surface area contributed by atoms with Crippen LogP contribution in [0.4, 0.5) is 4.39 Å². The number of aryl methyl sites for hydroxylation is 1. The number of furan rings is 1. The van der Waals surface area contributed by atoms with Crippen LogP contribution in [0.2, 0.25) is 0 Å². The first-order valence-corrected chi connectivity index (χ1v) is 6.85. The van der Waals surface area contributed by atoms with E-state index in [1.807, 2.05) is 0 Å². The average Bonchev–Trinajstić information content (AvgIpc) is 3.05. The van der Waals surface area contributed by atoms with Crippen LogP contribution in [0.5, 0.6) is 0 Å². The van der Waals surface area contributed by atoms with Gasteiger partial charge >= 0.3 is 0 Å². The number of carbonyl (C=O) groups excluding carboxylic acids is 1. The molecular formula is C16H16FNO3. The summed E-state index contributed by atoms with van der Waals surface area (Å²) in [7, 11) is 0. The third-order valence-electron chi connectivity index (χ3n) is 3.85. The zero-order valence-corrected chi connectivity index (χ0v) is 11.6. The first-order valence-electron chi connectivity index (χ1n) is 6.85. The molecule has 1 aromatic carbocycles. The maximum absolute atomic E-state index is 13.0. The Hall–Kier alpha value is -2.14. The molecule has 1 saturated heterocycles. The lowest BCUT2D eigenvalue weighted by molar-refractivity contribution is 0.0682. The van der Waals surface area contributed by atoms with Crippen LogP contribution in [0.25, 0.3) is 0 Å². The Morgan fingerprint density at radius 3 is 2.67 bits per heavy atom. The first kappa shape index (κ1) is 13.8. The molecule has 110 valence electrons. The molecule has 0 unspecified atom stereocenters. The molecular weight excluding hydrogens is 273 g/mol. The molecule has 0 aliphatic carbocycles. The van der Waals surface area contributed by atoms with Gasteiger partial charge < -0.3 is 14.4 Å². The zero-order chi connectivity index (χ0) is 15.0. The van der Waals surface area contributed by atoms with Gasteiger partial charge in [-0.25, -0.2) is 4.39 Å².